The van der Waals surface area contributed by atoms with E-state index in [2.05, 4.69) is 0 Å². The van der Waals surface area contributed by atoms with Gasteiger partial charge in [0.2, 0.25) is 0 Å². The Labute approximate surface area is 160 Å². The summed E-state index contributed by atoms with van der Waals surface area (Å²) >= 11 is 0. The molecule has 1 saturated heterocycles. The summed E-state index contributed by atoms with van der Waals surface area (Å²) < 4.78 is 78.6. The van der Waals surface area contributed by atoms with Gasteiger partial charge in [-0.3, -0.25) is 4.90 Å². The Balaban J connectivity index is 1.93. The summed E-state index contributed by atoms with van der Waals surface area (Å²) in [4.78, 5) is 1.95. The van der Waals surface area contributed by atoms with Crippen molar-refractivity contribution in [2.24, 2.45) is 0 Å². The minimum absolute atomic E-state index is 0.0905. The average Bonchev–Trinajstić information content (AvgIpc) is 2.63. The van der Waals surface area contributed by atoms with E-state index in [-0.39, 0.29) is 12.1 Å². The third kappa shape index (κ3) is 4.19. The Kier molecular flexibility index (Phi) is 5.49. The van der Waals surface area contributed by atoms with E-state index in [9.17, 15) is 26.3 Å². The fourth-order valence-electron chi connectivity index (χ4n) is 3.92. The molecule has 0 aromatic heterocycles. The van der Waals surface area contributed by atoms with Crippen molar-refractivity contribution in [2.45, 2.75) is 50.6 Å². The predicted molar refractivity (Wildman–Crippen MR) is 94.5 cm³/mol. The van der Waals surface area contributed by atoms with Crippen LogP contribution in [-0.4, -0.2) is 11.4 Å². The fourth-order valence-corrected chi connectivity index (χ4v) is 3.92. The molecular formula is C21H21F6N. The van der Waals surface area contributed by atoms with E-state index in [0.29, 0.717) is 18.5 Å². The second kappa shape index (κ2) is 7.43. The number of likely N-dealkylation sites (tertiary alicyclic amines) is 1. The van der Waals surface area contributed by atoms with Crippen molar-refractivity contribution in [2.75, 3.05) is 6.54 Å². The molecule has 1 atom stereocenters. The van der Waals surface area contributed by atoms with Crippen LogP contribution in [0.5, 0.6) is 0 Å². The highest BCUT2D eigenvalue weighted by molar-refractivity contribution is 5.33. The Hall–Kier alpha value is -2.02. The molecule has 1 heterocycles. The minimum Gasteiger partial charge on any atom is -0.290 e. The molecule has 1 unspecified atom stereocenters. The monoisotopic (exact) mass is 401 g/mol. The van der Waals surface area contributed by atoms with Crippen LogP contribution in [0.3, 0.4) is 0 Å². The van der Waals surface area contributed by atoms with Gasteiger partial charge >= 0.3 is 12.4 Å². The van der Waals surface area contributed by atoms with Crippen LogP contribution in [0.2, 0.25) is 0 Å². The molecule has 0 radical (unpaired) electrons. The fraction of sp³-hybridized carbons (Fsp3) is 0.429. The molecule has 0 N–H and O–H groups in total. The number of benzene rings is 2. The number of piperidine rings is 1. The lowest BCUT2D eigenvalue weighted by atomic mass is 9.81. The smallest absolute Gasteiger partial charge is 0.290 e. The molecule has 0 amide bonds. The van der Waals surface area contributed by atoms with Crippen LogP contribution in [0.15, 0.2) is 48.5 Å². The van der Waals surface area contributed by atoms with Gasteiger partial charge in [0.1, 0.15) is 0 Å². The zero-order valence-electron chi connectivity index (χ0n) is 15.4. The highest BCUT2D eigenvalue weighted by atomic mass is 19.4. The molecule has 2 aromatic rings. The highest BCUT2D eigenvalue weighted by Gasteiger charge is 2.39. The van der Waals surface area contributed by atoms with Crippen molar-refractivity contribution in [1.82, 2.24) is 4.90 Å². The van der Waals surface area contributed by atoms with Crippen molar-refractivity contribution in [3.8, 4) is 0 Å². The third-order valence-corrected chi connectivity index (χ3v) is 5.56. The van der Waals surface area contributed by atoms with Gasteiger partial charge < -0.3 is 0 Å². The van der Waals surface area contributed by atoms with Crippen LogP contribution in [-0.2, 0) is 24.4 Å². The average molecular weight is 401 g/mol. The maximum atomic E-state index is 13.3. The second-order valence-corrected chi connectivity index (χ2v) is 7.38. The Morgan fingerprint density at radius 1 is 0.857 bits per heavy atom. The summed E-state index contributed by atoms with van der Waals surface area (Å²) in [5, 5.41) is 0. The van der Waals surface area contributed by atoms with Crippen LogP contribution in [0.4, 0.5) is 26.3 Å². The van der Waals surface area contributed by atoms with Gasteiger partial charge in [0.25, 0.3) is 0 Å². The van der Waals surface area contributed by atoms with Gasteiger partial charge in [0, 0.05) is 12.1 Å². The first-order valence-electron chi connectivity index (χ1n) is 9.10. The third-order valence-electron chi connectivity index (χ3n) is 5.56. The molecule has 0 spiro atoms. The normalized spacial score (nSPS) is 21.7. The van der Waals surface area contributed by atoms with Gasteiger partial charge in [-0.2, -0.15) is 26.3 Å². The van der Waals surface area contributed by atoms with E-state index < -0.39 is 29.0 Å². The van der Waals surface area contributed by atoms with Gasteiger partial charge in [0.15, 0.2) is 0 Å². The van der Waals surface area contributed by atoms with E-state index in [1.54, 1.807) is 6.07 Å². The zero-order valence-corrected chi connectivity index (χ0v) is 15.4. The van der Waals surface area contributed by atoms with Gasteiger partial charge in [0.05, 0.1) is 11.1 Å². The summed E-state index contributed by atoms with van der Waals surface area (Å²) in [7, 11) is 0. The van der Waals surface area contributed by atoms with Crippen molar-refractivity contribution < 1.29 is 26.3 Å². The molecule has 3 rings (SSSR count). The maximum absolute atomic E-state index is 13.3. The zero-order chi connectivity index (χ0) is 20.6. The molecule has 2 aromatic carbocycles. The first kappa shape index (κ1) is 20.7. The van der Waals surface area contributed by atoms with Crippen LogP contribution in [0.25, 0.3) is 0 Å². The van der Waals surface area contributed by atoms with E-state index in [4.69, 9.17) is 0 Å². The minimum atomic E-state index is -4.45. The molecule has 0 saturated carbocycles. The quantitative estimate of drug-likeness (QED) is 0.522. The van der Waals surface area contributed by atoms with E-state index in [1.165, 1.54) is 24.3 Å². The van der Waals surface area contributed by atoms with Crippen molar-refractivity contribution in [3.05, 3.63) is 70.8 Å². The molecule has 1 fully saturated rings. The summed E-state index contributed by atoms with van der Waals surface area (Å²) in [6.07, 6.45) is -6.49. The van der Waals surface area contributed by atoms with E-state index in [0.717, 1.165) is 31.0 Å². The molecule has 1 aliphatic heterocycles. The molecule has 7 heteroatoms. The summed E-state index contributed by atoms with van der Waals surface area (Å²) in [5.74, 6) is 0. The van der Waals surface area contributed by atoms with Crippen molar-refractivity contribution in [1.29, 1.82) is 0 Å². The predicted octanol–water partition coefficient (Wildman–Crippen LogP) is 6.63. The van der Waals surface area contributed by atoms with Gasteiger partial charge in [-0.15, -0.1) is 0 Å². The Morgan fingerprint density at radius 3 is 2.11 bits per heavy atom. The lowest BCUT2D eigenvalue weighted by molar-refractivity contribution is -0.139. The molecule has 0 aliphatic carbocycles. The lowest BCUT2D eigenvalue weighted by Crippen LogP contribution is -2.47. The van der Waals surface area contributed by atoms with E-state index >= 15 is 0 Å². The maximum Gasteiger partial charge on any atom is 0.416 e. The van der Waals surface area contributed by atoms with E-state index in [1.807, 2.05) is 11.8 Å². The summed E-state index contributed by atoms with van der Waals surface area (Å²) in [6, 6.07) is 10.4. The molecular weight excluding hydrogens is 380 g/mol. The van der Waals surface area contributed by atoms with Gasteiger partial charge in [-0.05, 0) is 55.6 Å². The molecule has 1 aliphatic rings. The highest BCUT2D eigenvalue weighted by Crippen LogP contribution is 2.41. The lowest BCUT2D eigenvalue weighted by Gasteiger charge is -2.46. The van der Waals surface area contributed by atoms with Crippen LogP contribution in [0, 0.1) is 0 Å². The summed E-state index contributed by atoms with van der Waals surface area (Å²) in [5.41, 5.74) is -1.17. The topological polar surface area (TPSA) is 3.24 Å². The standard InChI is InChI=1S/C21H21F6N/c1-19(16-8-10-17(11-9-16)20(22,23)24)12-4-5-13-28(19)14-15-6-2-3-7-18(15)21(25,26)27/h2-3,6-11H,4-5,12-14H2,1H3. The number of hydrogen-bond acceptors (Lipinski definition) is 1. The van der Waals surface area contributed by atoms with Crippen LogP contribution in [0.1, 0.15) is 48.4 Å². The van der Waals surface area contributed by atoms with Crippen LogP contribution < -0.4 is 0 Å². The molecule has 152 valence electrons. The van der Waals surface area contributed by atoms with Crippen molar-refractivity contribution in [3.63, 3.8) is 0 Å². The number of rotatable bonds is 3. The van der Waals surface area contributed by atoms with Crippen LogP contribution >= 0.6 is 0 Å². The van der Waals surface area contributed by atoms with Gasteiger partial charge in [-0.1, -0.05) is 36.8 Å². The number of hydrogen-bond donors (Lipinski definition) is 0. The largest absolute Gasteiger partial charge is 0.416 e. The molecule has 1 nitrogen and oxygen atoms in total. The van der Waals surface area contributed by atoms with Crippen molar-refractivity contribution >= 4 is 0 Å². The Morgan fingerprint density at radius 2 is 1.50 bits per heavy atom. The van der Waals surface area contributed by atoms with Gasteiger partial charge in [-0.25, -0.2) is 0 Å². The summed E-state index contributed by atoms with van der Waals surface area (Å²) in [6.45, 7) is 2.57. The molecule has 0 bridgehead atoms. The molecule has 28 heavy (non-hydrogen) atoms. The SMILES string of the molecule is CC1(c2ccc(C(F)(F)F)cc2)CCCCN1Cc1ccccc1C(F)(F)F. The first-order chi connectivity index (χ1) is 13.0. The number of alkyl halides is 6. The Bertz CT molecular complexity index is 809. The first-order valence-corrected chi connectivity index (χ1v) is 9.10. The number of halogens is 6. The second-order valence-electron chi connectivity index (χ2n) is 7.38. The number of nitrogens with zero attached hydrogens (tertiary/aromatic N) is 1.